The van der Waals surface area contributed by atoms with Gasteiger partial charge in [-0.3, -0.25) is 0 Å². The summed E-state index contributed by atoms with van der Waals surface area (Å²) in [5.74, 6) is 0.892. The topological polar surface area (TPSA) is 43.1 Å². The minimum absolute atomic E-state index is 0.261. The molecule has 2 aromatic carbocycles. The van der Waals surface area contributed by atoms with Crippen LogP contribution in [0.15, 0.2) is 54.6 Å². The van der Waals surface area contributed by atoms with Crippen molar-refractivity contribution < 1.29 is 14.3 Å². The molecule has 0 saturated carbocycles. The van der Waals surface area contributed by atoms with Crippen molar-refractivity contribution in [2.75, 3.05) is 13.1 Å². The highest BCUT2D eigenvalue weighted by atomic mass is 16.6. The zero-order chi connectivity index (χ0) is 22.1. The Kier molecular flexibility index (Phi) is 5.49. The predicted octanol–water partition coefficient (Wildman–Crippen LogP) is 6.03. The third kappa shape index (κ3) is 4.74. The Morgan fingerprint density at radius 2 is 1.81 bits per heavy atom. The Morgan fingerprint density at radius 3 is 2.45 bits per heavy atom. The summed E-state index contributed by atoms with van der Waals surface area (Å²) < 4.78 is 12.0. The lowest BCUT2D eigenvalue weighted by atomic mass is 9.83. The second kappa shape index (κ2) is 8.11. The summed E-state index contributed by atoms with van der Waals surface area (Å²) in [7, 11) is 0. The van der Waals surface area contributed by atoms with Gasteiger partial charge < -0.3 is 14.4 Å². The highest BCUT2D eigenvalue weighted by molar-refractivity contribution is 5.75. The SMILES string of the molecule is [C-]#[N+]c1ccc(CC2=CC3(CCN(C(=O)OC(C)(C)C)CC3)Oc3ccccc32)cc1. The zero-order valence-corrected chi connectivity index (χ0v) is 18.4. The maximum absolute atomic E-state index is 12.5. The monoisotopic (exact) mass is 416 g/mol. The van der Waals surface area contributed by atoms with E-state index in [1.807, 2.05) is 63.2 Å². The van der Waals surface area contributed by atoms with Gasteiger partial charge in [0.05, 0.1) is 6.57 Å². The van der Waals surface area contributed by atoms with Crippen LogP contribution in [0.25, 0.3) is 10.4 Å². The predicted molar refractivity (Wildman–Crippen MR) is 121 cm³/mol. The number of fused-ring (bicyclic) bond motifs is 1. The molecule has 0 atom stereocenters. The van der Waals surface area contributed by atoms with Gasteiger partial charge in [-0.15, -0.1) is 0 Å². The molecule has 0 aliphatic carbocycles. The summed E-state index contributed by atoms with van der Waals surface area (Å²) in [6.45, 7) is 14.0. The molecule has 1 saturated heterocycles. The van der Waals surface area contributed by atoms with Crippen LogP contribution in [-0.4, -0.2) is 35.3 Å². The summed E-state index contributed by atoms with van der Waals surface area (Å²) >= 11 is 0. The molecule has 5 nitrogen and oxygen atoms in total. The Bertz CT molecular complexity index is 1030. The van der Waals surface area contributed by atoms with Crippen molar-refractivity contribution in [3.8, 4) is 5.75 Å². The van der Waals surface area contributed by atoms with Crippen LogP contribution in [0.4, 0.5) is 10.5 Å². The summed E-state index contributed by atoms with van der Waals surface area (Å²) in [6.07, 6.45) is 4.21. The molecule has 2 aliphatic rings. The lowest BCUT2D eigenvalue weighted by Gasteiger charge is -2.43. The highest BCUT2D eigenvalue weighted by Gasteiger charge is 2.40. The number of nitrogens with zero attached hydrogens (tertiary/aromatic N) is 2. The largest absolute Gasteiger partial charge is 0.482 e. The number of carbonyl (C=O) groups is 1. The molecule has 1 amide bonds. The fraction of sp³-hybridized carbons (Fsp3) is 0.385. The summed E-state index contributed by atoms with van der Waals surface area (Å²) in [6, 6.07) is 15.9. The van der Waals surface area contributed by atoms with Crippen molar-refractivity contribution in [2.24, 2.45) is 0 Å². The third-order valence-electron chi connectivity index (χ3n) is 5.71. The van der Waals surface area contributed by atoms with Gasteiger partial charge in [-0.1, -0.05) is 42.5 Å². The molecule has 0 aromatic heterocycles. The molecule has 4 rings (SSSR count). The average molecular weight is 417 g/mol. The molecule has 2 heterocycles. The smallest absolute Gasteiger partial charge is 0.410 e. The minimum Gasteiger partial charge on any atom is -0.482 e. The van der Waals surface area contributed by atoms with Gasteiger partial charge in [0.2, 0.25) is 0 Å². The second-order valence-corrected chi connectivity index (χ2v) is 9.25. The first-order valence-corrected chi connectivity index (χ1v) is 10.7. The highest BCUT2D eigenvalue weighted by Crippen LogP contribution is 2.42. The van der Waals surface area contributed by atoms with E-state index in [9.17, 15) is 4.79 Å². The van der Waals surface area contributed by atoms with E-state index < -0.39 is 11.2 Å². The van der Waals surface area contributed by atoms with E-state index in [4.69, 9.17) is 16.0 Å². The van der Waals surface area contributed by atoms with Crippen LogP contribution < -0.4 is 4.74 Å². The molecular formula is C26H28N2O3. The standard InChI is InChI=1S/C26H28N2O3/c1-25(2,3)31-24(29)28-15-13-26(14-16-28)18-20(22-7-5-6-8-23(22)30-26)17-19-9-11-21(27-4)12-10-19/h5-12,18H,13-17H2,1-3H3. The van der Waals surface area contributed by atoms with E-state index in [0.29, 0.717) is 18.8 Å². The van der Waals surface area contributed by atoms with Gasteiger partial charge in [-0.05, 0) is 50.5 Å². The van der Waals surface area contributed by atoms with E-state index in [2.05, 4.69) is 17.0 Å². The summed E-state index contributed by atoms with van der Waals surface area (Å²) in [5, 5.41) is 0. The lowest BCUT2D eigenvalue weighted by molar-refractivity contribution is -0.00122. The first-order chi connectivity index (χ1) is 14.8. The van der Waals surface area contributed by atoms with Gasteiger partial charge >= 0.3 is 6.09 Å². The number of amides is 1. The van der Waals surface area contributed by atoms with E-state index >= 15 is 0 Å². The maximum Gasteiger partial charge on any atom is 0.410 e. The number of hydrogen-bond donors (Lipinski definition) is 0. The molecule has 2 aromatic rings. The third-order valence-corrected chi connectivity index (χ3v) is 5.71. The fourth-order valence-electron chi connectivity index (χ4n) is 4.16. The number of piperidine rings is 1. The van der Waals surface area contributed by atoms with Crippen LogP contribution in [0, 0.1) is 6.57 Å². The lowest BCUT2D eigenvalue weighted by Crippen LogP contribution is -2.50. The Hall–Kier alpha value is -3.26. The molecule has 2 aliphatic heterocycles. The number of rotatable bonds is 2. The molecule has 160 valence electrons. The van der Waals surface area contributed by atoms with Crippen molar-refractivity contribution in [3.63, 3.8) is 0 Å². The number of allylic oxidation sites excluding steroid dienone is 1. The van der Waals surface area contributed by atoms with Gasteiger partial charge in [-0.25, -0.2) is 9.64 Å². The van der Waals surface area contributed by atoms with Crippen LogP contribution in [0.1, 0.15) is 44.7 Å². The number of carbonyl (C=O) groups excluding carboxylic acids is 1. The fourth-order valence-corrected chi connectivity index (χ4v) is 4.16. The van der Waals surface area contributed by atoms with Crippen LogP contribution in [-0.2, 0) is 11.2 Å². The van der Waals surface area contributed by atoms with Gasteiger partial charge in [0.1, 0.15) is 17.0 Å². The van der Waals surface area contributed by atoms with E-state index in [0.717, 1.165) is 36.1 Å². The molecule has 1 fully saturated rings. The zero-order valence-electron chi connectivity index (χ0n) is 18.4. The van der Waals surface area contributed by atoms with Crippen molar-refractivity contribution in [1.82, 2.24) is 4.90 Å². The summed E-state index contributed by atoms with van der Waals surface area (Å²) in [5.41, 5.74) is 3.23. The normalized spacial score (nSPS) is 17.2. The Balaban J connectivity index is 1.56. The van der Waals surface area contributed by atoms with Crippen molar-refractivity contribution in [1.29, 1.82) is 0 Å². The molecule has 0 unspecified atom stereocenters. The van der Waals surface area contributed by atoms with E-state index in [-0.39, 0.29) is 6.09 Å². The van der Waals surface area contributed by atoms with Gasteiger partial charge in [0.15, 0.2) is 5.69 Å². The molecule has 0 radical (unpaired) electrons. The van der Waals surface area contributed by atoms with Gasteiger partial charge in [-0.2, -0.15) is 0 Å². The van der Waals surface area contributed by atoms with Crippen molar-refractivity contribution >= 4 is 17.4 Å². The number of ether oxygens (including phenoxy) is 2. The van der Waals surface area contributed by atoms with Crippen molar-refractivity contribution in [3.05, 3.63) is 77.2 Å². The quantitative estimate of drug-likeness (QED) is 0.562. The molecule has 0 N–H and O–H groups in total. The molecular weight excluding hydrogens is 388 g/mol. The first-order valence-electron chi connectivity index (χ1n) is 10.7. The Morgan fingerprint density at radius 1 is 1.13 bits per heavy atom. The molecule has 1 spiro atoms. The van der Waals surface area contributed by atoms with Crippen LogP contribution in [0.5, 0.6) is 5.75 Å². The Labute approximate surface area is 184 Å². The van der Waals surface area contributed by atoms with Gasteiger partial charge in [0.25, 0.3) is 0 Å². The minimum atomic E-state index is -0.498. The number of para-hydroxylation sites is 1. The van der Waals surface area contributed by atoms with E-state index in [1.165, 1.54) is 5.57 Å². The first kappa shape index (κ1) is 21.0. The second-order valence-electron chi connectivity index (χ2n) is 9.25. The molecule has 31 heavy (non-hydrogen) atoms. The maximum atomic E-state index is 12.5. The summed E-state index contributed by atoms with van der Waals surface area (Å²) in [4.78, 5) is 17.7. The average Bonchev–Trinajstić information content (AvgIpc) is 2.73. The molecule has 5 heteroatoms. The van der Waals surface area contributed by atoms with Gasteiger partial charge in [0, 0.05) is 31.5 Å². The van der Waals surface area contributed by atoms with Crippen LogP contribution >= 0.6 is 0 Å². The molecule has 0 bridgehead atoms. The van der Waals surface area contributed by atoms with Crippen molar-refractivity contribution in [2.45, 2.75) is 51.2 Å². The number of likely N-dealkylation sites (tertiary alicyclic amines) is 1. The van der Waals surface area contributed by atoms with E-state index in [1.54, 1.807) is 4.90 Å². The number of benzene rings is 2. The number of hydrogen-bond acceptors (Lipinski definition) is 3. The van der Waals surface area contributed by atoms with Crippen LogP contribution in [0.3, 0.4) is 0 Å². The van der Waals surface area contributed by atoms with Crippen LogP contribution in [0.2, 0.25) is 0 Å².